The van der Waals surface area contributed by atoms with Crippen molar-refractivity contribution in [3.05, 3.63) is 35.5 Å². The van der Waals surface area contributed by atoms with Crippen LogP contribution in [0.1, 0.15) is 31.7 Å². The molecule has 0 saturated carbocycles. The maximum atomic E-state index is 13.5. The second-order valence-corrected chi connectivity index (χ2v) is 8.50. The Balaban J connectivity index is 1.60. The van der Waals surface area contributed by atoms with Gasteiger partial charge < -0.3 is 19.5 Å². The highest BCUT2D eigenvalue weighted by Gasteiger charge is 2.43. The Kier molecular flexibility index (Phi) is 7.44. The molecule has 1 aromatic carbocycles. The fraction of sp³-hybridized carbons (Fsp3) is 0.583. The molecule has 1 unspecified atom stereocenters. The molecule has 174 valence electrons. The number of aliphatic hydroxyl groups excluding tert-OH is 1. The zero-order chi connectivity index (χ0) is 22.5. The molecule has 4 rings (SSSR count). The number of nitrogens with zero attached hydrogens (tertiary/aromatic N) is 3. The molecule has 2 amide bonds. The van der Waals surface area contributed by atoms with Crippen LogP contribution in [0.2, 0.25) is 0 Å². The largest absolute Gasteiger partial charge is 0.494 e. The van der Waals surface area contributed by atoms with Crippen molar-refractivity contribution in [3.8, 4) is 5.75 Å². The Hall–Kier alpha value is -2.42. The number of carbonyl (C=O) groups is 2. The Morgan fingerprint density at radius 1 is 1.09 bits per heavy atom. The van der Waals surface area contributed by atoms with Crippen molar-refractivity contribution in [2.24, 2.45) is 0 Å². The van der Waals surface area contributed by atoms with Gasteiger partial charge in [-0.3, -0.25) is 19.4 Å². The smallest absolute Gasteiger partial charge is 0.277 e. The monoisotopic (exact) mass is 443 g/mol. The molecule has 3 aliphatic rings. The molecule has 8 nitrogen and oxygen atoms in total. The maximum absolute atomic E-state index is 13.5. The molecule has 3 aliphatic heterocycles. The molecular weight excluding hydrogens is 410 g/mol. The number of benzene rings is 1. The molecule has 0 aliphatic carbocycles. The lowest BCUT2D eigenvalue weighted by Gasteiger charge is -2.36. The van der Waals surface area contributed by atoms with Gasteiger partial charge in [0.2, 0.25) is 0 Å². The summed E-state index contributed by atoms with van der Waals surface area (Å²) in [5, 5.41) is 9.22. The van der Waals surface area contributed by atoms with E-state index in [0.717, 1.165) is 43.7 Å². The first-order valence-corrected chi connectivity index (χ1v) is 11.7. The summed E-state index contributed by atoms with van der Waals surface area (Å²) in [6, 6.07) is 7.44. The molecule has 1 atom stereocenters. The van der Waals surface area contributed by atoms with Crippen LogP contribution in [0, 0.1) is 0 Å². The molecule has 0 radical (unpaired) electrons. The summed E-state index contributed by atoms with van der Waals surface area (Å²) in [6.07, 6.45) is 2.66. The predicted octanol–water partition coefficient (Wildman–Crippen LogP) is 1.34. The van der Waals surface area contributed by atoms with E-state index in [-0.39, 0.29) is 24.5 Å². The van der Waals surface area contributed by atoms with Crippen LogP contribution in [0.15, 0.2) is 30.0 Å². The van der Waals surface area contributed by atoms with Crippen LogP contribution in [-0.4, -0.2) is 96.8 Å². The van der Waals surface area contributed by atoms with Gasteiger partial charge in [0.25, 0.3) is 11.8 Å². The first-order valence-electron chi connectivity index (χ1n) is 11.7. The van der Waals surface area contributed by atoms with Crippen LogP contribution < -0.4 is 4.74 Å². The van der Waals surface area contributed by atoms with Crippen LogP contribution in [0.5, 0.6) is 5.75 Å². The van der Waals surface area contributed by atoms with E-state index in [2.05, 4.69) is 11.8 Å². The molecule has 8 heteroatoms. The van der Waals surface area contributed by atoms with Gasteiger partial charge in [0.05, 0.1) is 31.4 Å². The normalized spacial score (nSPS) is 22.4. The fourth-order valence-corrected chi connectivity index (χ4v) is 4.55. The topological polar surface area (TPSA) is 82.6 Å². The average Bonchev–Trinajstić information content (AvgIpc) is 3.41. The molecular formula is C24H33N3O5. The van der Waals surface area contributed by atoms with Gasteiger partial charge in [-0.1, -0.05) is 19.1 Å². The van der Waals surface area contributed by atoms with Crippen molar-refractivity contribution in [1.29, 1.82) is 0 Å². The summed E-state index contributed by atoms with van der Waals surface area (Å²) >= 11 is 0. The SMILES string of the molecule is CCCOc1ccc(C2=C(N3CCN(CCO)CC3)C(=O)N(CC3CCCO3)C2=O)cc1. The van der Waals surface area contributed by atoms with Crippen LogP contribution in [-0.2, 0) is 14.3 Å². The van der Waals surface area contributed by atoms with Gasteiger partial charge in [-0.05, 0) is 37.0 Å². The van der Waals surface area contributed by atoms with Crippen molar-refractivity contribution in [3.63, 3.8) is 0 Å². The third-order valence-electron chi connectivity index (χ3n) is 6.27. The zero-order valence-corrected chi connectivity index (χ0v) is 18.8. The van der Waals surface area contributed by atoms with E-state index in [4.69, 9.17) is 9.47 Å². The van der Waals surface area contributed by atoms with Crippen LogP contribution in [0.3, 0.4) is 0 Å². The first-order chi connectivity index (χ1) is 15.6. The van der Waals surface area contributed by atoms with Crippen molar-refractivity contribution < 1.29 is 24.2 Å². The zero-order valence-electron chi connectivity index (χ0n) is 18.8. The maximum Gasteiger partial charge on any atom is 0.277 e. The average molecular weight is 444 g/mol. The summed E-state index contributed by atoms with van der Waals surface area (Å²) in [7, 11) is 0. The highest BCUT2D eigenvalue weighted by Crippen LogP contribution is 2.34. The Labute approximate surface area is 189 Å². The number of carbonyl (C=O) groups excluding carboxylic acids is 2. The van der Waals surface area contributed by atoms with Crippen molar-refractivity contribution >= 4 is 17.4 Å². The van der Waals surface area contributed by atoms with E-state index in [9.17, 15) is 14.7 Å². The minimum Gasteiger partial charge on any atom is -0.494 e. The fourth-order valence-electron chi connectivity index (χ4n) is 4.55. The number of β-amino-alcohol motifs (C(OH)–C–C–N with tert-alkyl or cyclic N) is 1. The number of imide groups is 1. The standard InChI is InChI=1S/C24H33N3O5/c1-2-15-31-19-7-5-18(6-8-19)21-22(26-11-9-25(10-12-26)13-14-28)24(30)27(23(21)29)17-20-4-3-16-32-20/h5-8,20,28H,2-4,9-17H2,1H3. The van der Waals surface area contributed by atoms with Gasteiger partial charge in [0.15, 0.2) is 0 Å². The van der Waals surface area contributed by atoms with Gasteiger partial charge in [-0.2, -0.15) is 0 Å². The number of hydrogen-bond acceptors (Lipinski definition) is 7. The number of ether oxygens (including phenoxy) is 2. The van der Waals surface area contributed by atoms with Gasteiger partial charge in [0.1, 0.15) is 11.4 Å². The first kappa shape index (κ1) is 22.8. The quantitative estimate of drug-likeness (QED) is 0.577. The van der Waals surface area contributed by atoms with E-state index >= 15 is 0 Å². The number of aliphatic hydroxyl groups is 1. The van der Waals surface area contributed by atoms with Gasteiger partial charge in [-0.25, -0.2) is 0 Å². The predicted molar refractivity (Wildman–Crippen MR) is 120 cm³/mol. The van der Waals surface area contributed by atoms with Crippen LogP contribution in [0.4, 0.5) is 0 Å². The van der Waals surface area contributed by atoms with E-state index in [1.165, 1.54) is 4.90 Å². The summed E-state index contributed by atoms with van der Waals surface area (Å²) in [5.74, 6) is 0.270. The van der Waals surface area contributed by atoms with E-state index in [1.807, 2.05) is 29.2 Å². The molecule has 0 bridgehead atoms. The lowest BCUT2D eigenvalue weighted by atomic mass is 10.0. The number of rotatable bonds is 9. The van der Waals surface area contributed by atoms with E-state index in [1.54, 1.807) is 0 Å². The molecule has 0 spiro atoms. The van der Waals surface area contributed by atoms with Gasteiger partial charge in [-0.15, -0.1) is 0 Å². The Bertz CT molecular complexity index is 840. The van der Waals surface area contributed by atoms with Gasteiger partial charge >= 0.3 is 0 Å². The lowest BCUT2D eigenvalue weighted by Crippen LogP contribution is -2.48. The number of piperazine rings is 1. The number of amides is 2. The van der Waals surface area contributed by atoms with Crippen molar-refractivity contribution in [2.45, 2.75) is 32.3 Å². The molecule has 1 aromatic rings. The summed E-state index contributed by atoms with van der Waals surface area (Å²) in [6.45, 7) is 7.18. The summed E-state index contributed by atoms with van der Waals surface area (Å²) in [5.41, 5.74) is 1.68. The number of hydrogen-bond donors (Lipinski definition) is 1. The van der Waals surface area contributed by atoms with Gasteiger partial charge in [0, 0.05) is 39.3 Å². The second kappa shape index (κ2) is 10.5. The van der Waals surface area contributed by atoms with Crippen molar-refractivity contribution in [1.82, 2.24) is 14.7 Å². The third kappa shape index (κ3) is 4.82. The Morgan fingerprint density at radius 3 is 2.47 bits per heavy atom. The molecule has 2 saturated heterocycles. The van der Waals surface area contributed by atoms with Crippen LogP contribution in [0.25, 0.3) is 5.57 Å². The molecule has 32 heavy (non-hydrogen) atoms. The second-order valence-electron chi connectivity index (χ2n) is 8.50. The van der Waals surface area contributed by atoms with Crippen molar-refractivity contribution in [2.75, 3.05) is 59.1 Å². The van der Waals surface area contributed by atoms with Crippen LogP contribution >= 0.6 is 0 Å². The molecule has 0 aromatic heterocycles. The minimum atomic E-state index is -0.250. The summed E-state index contributed by atoms with van der Waals surface area (Å²) < 4.78 is 11.4. The third-order valence-corrected chi connectivity index (χ3v) is 6.27. The highest BCUT2D eigenvalue weighted by atomic mass is 16.5. The van der Waals surface area contributed by atoms with E-state index < -0.39 is 0 Å². The minimum absolute atomic E-state index is 0.0882. The Morgan fingerprint density at radius 2 is 1.84 bits per heavy atom. The molecule has 3 heterocycles. The molecule has 2 fully saturated rings. The lowest BCUT2D eigenvalue weighted by molar-refractivity contribution is -0.139. The highest BCUT2D eigenvalue weighted by molar-refractivity contribution is 6.35. The van der Waals surface area contributed by atoms with E-state index in [0.29, 0.717) is 50.7 Å². The molecule has 1 N–H and O–H groups in total. The summed E-state index contributed by atoms with van der Waals surface area (Å²) in [4.78, 5) is 32.5.